The maximum absolute atomic E-state index is 9.27. The molecule has 2 N–H and O–H groups in total. The van der Waals surface area contributed by atoms with E-state index in [1.54, 1.807) is 0 Å². The summed E-state index contributed by atoms with van der Waals surface area (Å²) in [4.78, 5) is 4.36. The van der Waals surface area contributed by atoms with Crippen LogP contribution in [-0.4, -0.2) is 33.9 Å². The van der Waals surface area contributed by atoms with Crippen LogP contribution in [0.1, 0.15) is 45.4 Å². The quantitative estimate of drug-likeness (QED) is 0.727. The average molecular weight is 239 g/mol. The largest absolute Gasteiger partial charge is 0.395 e. The first-order valence-corrected chi connectivity index (χ1v) is 6.54. The first-order valence-electron chi connectivity index (χ1n) is 6.54. The number of imidazole rings is 1. The van der Waals surface area contributed by atoms with Crippen molar-refractivity contribution in [1.82, 2.24) is 14.9 Å². The SMILES string of the molecule is CCCNC(CO)CCn1ccnc1C(C)C. The minimum absolute atomic E-state index is 0.192. The zero-order valence-electron chi connectivity index (χ0n) is 11.2. The van der Waals surface area contributed by atoms with Crippen LogP contribution in [-0.2, 0) is 6.54 Å². The number of hydrogen-bond acceptors (Lipinski definition) is 3. The number of aryl methyl sites for hydroxylation is 1. The Labute approximate surface area is 104 Å². The number of hydrogen-bond donors (Lipinski definition) is 2. The molecular formula is C13H25N3O. The molecule has 1 atom stereocenters. The molecule has 0 saturated heterocycles. The van der Waals surface area contributed by atoms with Gasteiger partial charge in [0.25, 0.3) is 0 Å². The summed E-state index contributed by atoms with van der Waals surface area (Å²) >= 11 is 0. The second kappa shape index (κ2) is 7.45. The van der Waals surface area contributed by atoms with Crippen molar-refractivity contribution in [2.24, 2.45) is 0 Å². The molecule has 4 nitrogen and oxygen atoms in total. The van der Waals surface area contributed by atoms with Gasteiger partial charge in [0, 0.05) is 30.9 Å². The van der Waals surface area contributed by atoms with Crippen molar-refractivity contribution in [3.63, 3.8) is 0 Å². The number of nitrogens with zero attached hydrogens (tertiary/aromatic N) is 2. The lowest BCUT2D eigenvalue weighted by Gasteiger charge is -2.17. The van der Waals surface area contributed by atoms with Crippen LogP contribution in [0.3, 0.4) is 0 Å². The Morgan fingerprint density at radius 3 is 2.82 bits per heavy atom. The molecule has 0 aromatic carbocycles. The van der Waals surface area contributed by atoms with E-state index in [0.29, 0.717) is 5.92 Å². The Balaban J connectivity index is 2.45. The first kappa shape index (κ1) is 14.2. The van der Waals surface area contributed by atoms with Gasteiger partial charge in [-0.1, -0.05) is 20.8 Å². The molecule has 0 fully saturated rings. The lowest BCUT2D eigenvalue weighted by molar-refractivity contribution is 0.231. The zero-order chi connectivity index (χ0) is 12.7. The maximum atomic E-state index is 9.27. The van der Waals surface area contributed by atoms with Crippen LogP contribution >= 0.6 is 0 Å². The van der Waals surface area contributed by atoms with Gasteiger partial charge in [0.15, 0.2) is 0 Å². The molecule has 0 bridgehead atoms. The Hall–Kier alpha value is -0.870. The monoisotopic (exact) mass is 239 g/mol. The predicted molar refractivity (Wildman–Crippen MR) is 70.1 cm³/mol. The van der Waals surface area contributed by atoms with Crippen LogP contribution in [0.4, 0.5) is 0 Å². The van der Waals surface area contributed by atoms with Crippen molar-refractivity contribution in [1.29, 1.82) is 0 Å². The summed E-state index contributed by atoms with van der Waals surface area (Å²) < 4.78 is 2.18. The van der Waals surface area contributed by atoms with Crippen LogP contribution in [0.5, 0.6) is 0 Å². The molecule has 0 spiro atoms. The Kier molecular flexibility index (Phi) is 6.22. The molecule has 1 unspecified atom stereocenters. The lowest BCUT2D eigenvalue weighted by atomic mass is 10.2. The van der Waals surface area contributed by atoms with E-state index in [0.717, 1.165) is 31.8 Å². The van der Waals surface area contributed by atoms with Crippen LogP contribution in [0, 0.1) is 0 Å². The second-order valence-corrected chi connectivity index (χ2v) is 4.76. The van der Waals surface area contributed by atoms with Gasteiger partial charge >= 0.3 is 0 Å². The fraction of sp³-hybridized carbons (Fsp3) is 0.769. The molecule has 4 heteroatoms. The van der Waals surface area contributed by atoms with E-state index in [1.807, 2.05) is 12.4 Å². The third kappa shape index (κ3) is 4.48. The minimum Gasteiger partial charge on any atom is -0.395 e. The molecule has 0 saturated carbocycles. The van der Waals surface area contributed by atoms with Gasteiger partial charge in [-0.05, 0) is 19.4 Å². The van der Waals surface area contributed by atoms with E-state index < -0.39 is 0 Å². The highest BCUT2D eigenvalue weighted by Gasteiger charge is 2.10. The molecule has 0 amide bonds. The van der Waals surface area contributed by atoms with Crippen LogP contribution in [0.15, 0.2) is 12.4 Å². The van der Waals surface area contributed by atoms with Gasteiger partial charge in [-0.15, -0.1) is 0 Å². The molecule has 1 rings (SSSR count). The van der Waals surface area contributed by atoms with Gasteiger partial charge in [0.05, 0.1) is 6.61 Å². The van der Waals surface area contributed by atoms with E-state index >= 15 is 0 Å². The molecule has 1 aromatic heterocycles. The maximum Gasteiger partial charge on any atom is 0.111 e. The van der Waals surface area contributed by atoms with Crippen molar-refractivity contribution in [2.45, 2.75) is 52.1 Å². The molecule has 0 radical (unpaired) electrons. The van der Waals surface area contributed by atoms with Crippen LogP contribution < -0.4 is 5.32 Å². The number of aromatic nitrogens is 2. The highest BCUT2D eigenvalue weighted by molar-refractivity contribution is 4.97. The van der Waals surface area contributed by atoms with Crippen LogP contribution in [0.25, 0.3) is 0 Å². The fourth-order valence-electron chi connectivity index (χ4n) is 1.91. The van der Waals surface area contributed by atoms with E-state index in [2.05, 4.69) is 35.6 Å². The predicted octanol–water partition coefficient (Wildman–Crippen LogP) is 1.76. The summed E-state index contributed by atoms with van der Waals surface area (Å²) in [5, 5.41) is 12.6. The normalized spacial score (nSPS) is 13.2. The standard InChI is InChI=1S/C13H25N3O/c1-4-6-14-12(10-17)5-8-16-9-7-15-13(16)11(2)3/h7,9,11-12,14,17H,4-6,8,10H2,1-3H3. The fourth-order valence-corrected chi connectivity index (χ4v) is 1.91. The minimum atomic E-state index is 0.192. The van der Waals surface area contributed by atoms with E-state index in [4.69, 9.17) is 0 Å². The first-order chi connectivity index (χ1) is 8.19. The number of nitrogens with one attached hydrogen (secondary N) is 1. The summed E-state index contributed by atoms with van der Waals surface area (Å²) in [5.41, 5.74) is 0. The number of aliphatic hydroxyl groups excluding tert-OH is 1. The number of aliphatic hydroxyl groups is 1. The summed E-state index contributed by atoms with van der Waals surface area (Å²) in [5.74, 6) is 1.57. The second-order valence-electron chi connectivity index (χ2n) is 4.76. The molecular weight excluding hydrogens is 214 g/mol. The van der Waals surface area contributed by atoms with Gasteiger partial charge in [0.2, 0.25) is 0 Å². The van der Waals surface area contributed by atoms with Crippen molar-refractivity contribution in [2.75, 3.05) is 13.2 Å². The van der Waals surface area contributed by atoms with E-state index in [-0.39, 0.29) is 12.6 Å². The highest BCUT2D eigenvalue weighted by atomic mass is 16.3. The molecule has 98 valence electrons. The summed E-state index contributed by atoms with van der Waals surface area (Å²) in [6.07, 6.45) is 5.90. The number of rotatable bonds is 8. The van der Waals surface area contributed by atoms with Gasteiger partial charge in [-0.2, -0.15) is 0 Å². The van der Waals surface area contributed by atoms with Gasteiger partial charge in [-0.25, -0.2) is 4.98 Å². The van der Waals surface area contributed by atoms with E-state index in [1.165, 1.54) is 0 Å². The lowest BCUT2D eigenvalue weighted by Crippen LogP contribution is -2.34. The molecule has 0 aliphatic heterocycles. The Morgan fingerprint density at radius 1 is 1.47 bits per heavy atom. The van der Waals surface area contributed by atoms with Crippen molar-refractivity contribution < 1.29 is 5.11 Å². The molecule has 0 aliphatic carbocycles. The van der Waals surface area contributed by atoms with Crippen molar-refractivity contribution in [3.05, 3.63) is 18.2 Å². The van der Waals surface area contributed by atoms with Crippen molar-refractivity contribution in [3.8, 4) is 0 Å². The summed E-state index contributed by atoms with van der Waals surface area (Å²) in [6.45, 7) is 8.51. The van der Waals surface area contributed by atoms with Gasteiger partial charge in [0.1, 0.15) is 5.82 Å². The topological polar surface area (TPSA) is 50.1 Å². The smallest absolute Gasteiger partial charge is 0.111 e. The highest BCUT2D eigenvalue weighted by Crippen LogP contribution is 2.12. The summed E-state index contributed by atoms with van der Waals surface area (Å²) in [7, 11) is 0. The zero-order valence-corrected chi connectivity index (χ0v) is 11.2. The van der Waals surface area contributed by atoms with Crippen molar-refractivity contribution >= 4 is 0 Å². The van der Waals surface area contributed by atoms with Crippen LogP contribution in [0.2, 0.25) is 0 Å². The third-order valence-electron chi connectivity index (χ3n) is 2.89. The van der Waals surface area contributed by atoms with E-state index in [9.17, 15) is 5.11 Å². The molecule has 17 heavy (non-hydrogen) atoms. The van der Waals surface area contributed by atoms with Gasteiger partial charge in [-0.3, -0.25) is 0 Å². The molecule has 1 heterocycles. The summed E-state index contributed by atoms with van der Waals surface area (Å²) in [6, 6.07) is 0.192. The molecule has 1 aromatic rings. The Morgan fingerprint density at radius 2 is 2.24 bits per heavy atom. The molecule has 0 aliphatic rings. The third-order valence-corrected chi connectivity index (χ3v) is 2.89. The van der Waals surface area contributed by atoms with Gasteiger partial charge < -0.3 is 15.0 Å². The average Bonchev–Trinajstić information content (AvgIpc) is 2.78. The Bertz CT molecular complexity index is 309.